The third kappa shape index (κ3) is 2.77. The molecular weight excluding hydrogens is 360 g/mol. The van der Waals surface area contributed by atoms with Crippen molar-refractivity contribution in [3.63, 3.8) is 0 Å². The Labute approximate surface area is 146 Å². The van der Waals surface area contributed by atoms with Gasteiger partial charge in [-0.05, 0) is 12.5 Å². The summed E-state index contributed by atoms with van der Waals surface area (Å²) in [5.74, 6) is 0.221. The van der Waals surface area contributed by atoms with Crippen molar-refractivity contribution in [1.82, 2.24) is 15.8 Å². The summed E-state index contributed by atoms with van der Waals surface area (Å²) >= 11 is 4.74. The van der Waals surface area contributed by atoms with Crippen molar-refractivity contribution >= 4 is 47.2 Å². The molecule has 11 heteroatoms. The Balaban J connectivity index is 1.81. The molecule has 0 saturated carbocycles. The van der Waals surface area contributed by atoms with Gasteiger partial charge < -0.3 is 9.84 Å². The average molecular weight is 379 g/mol. The van der Waals surface area contributed by atoms with Gasteiger partial charge in [-0.15, -0.1) is 35.3 Å². The van der Waals surface area contributed by atoms with Crippen LogP contribution in [0, 0.1) is 0 Å². The summed E-state index contributed by atoms with van der Waals surface area (Å²) in [6.07, 6.45) is 0. The number of ether oxygens (including phenoxy) is 1. The van der Waals surface area contributed by atoms with Crippen LogP contribution in [-0.4, -0.2) is 61.7 Å². The molecule has 2 saturated heterocycles. The fourth-order valence-electron chi connectivity index (χ4n) is 2.62. The number of carboxylic acids is 1. The molecule has 0 bridgehead atoms. The van der Waals surface area contributed by atoms with E-state index in [2.05, 4.69) is 10.9 Å². The number of nitrogens with zero attached hydrogens (tertiary/aromatic N) is 1. The van der Waals surface area contributed by atoms with Crippen molar-refractivity contribution in [1.29, 1.82) is 0 Å². The van der Waals surface area contributed by atoms with E-state index in [0.29, 0.717) is 11.5 Å². The Morgan fingerprint density at radius 2 is 2.39 bits per heavy atom. The molecule has 5 N–H and O–H groups in total. The fraction of sp³-hybridized carbons (Fsp3) is 0.667. The van der Waals surface area contributed by atoms with Gasteiger partial charge in [0, 0.05) is 18.6 Å². The second kappa shape index (κ2) is 6.14. The predicted octanol–water partition coefficient (Wildman–Crippen LogP) is -0.253. The molecule has 0 aromatic heterocycles. The summed E-state index contributed by atoms with van der Waals surface area (Å²) < 4.78 is 4.88. The van der Waals surface area contributed by atoms with Crippen molar-refractivity contribution in [2.45, 2.75) is 22.2 Å². The van der Waals surface area contributed by atoms with E-state index in [1.807, 2.05) is 6.92 Å². The van der Waals surface area contributed by atoms with Crippen molar-refractivity contribution in [3.05, 3.63) is 11.3 Å². The number of fused-ring (bicyclic) bond motifs is 1. The summed E-state index contributed by atoms with van der Waals surface area (Å²) in [5, 5.41) is 9.07. The zero-order chi connectivity index (χ0) is 16.8. The predicted molar refractivity (Wildman–Crippen MR) is 91.3 cm³/mol. The summed E-state index contributed by atoms with van der Waals surface area (Å²) in [7, 11) is 1.36. The minimum atomic E-state index is -1.43. The van der Waals surface area contributed by atoms with Crippen LogP contribution in [0.4, 0.5) is 0 Å². The highest BCUT2D eigenvalue weighted by Gasteiger charge is 2.63. The summed E-state index contributed by atoms with van der Waals surface area (Å²) in [4.78, 5) is 25.2. The molecule has 0 aromatic rings. The molecule has 0 aromatic carbocycles. The van der Waals surface area contributed by atoms with Gasteiger partial charge in [0.05, 0.1) is 5.88 Å². The molecule has 3 rings (SSSR count). The number of hydrazine groups is 1. The molecular formula is C12H18N4O4S3. The molecule has 2 unspecified atom stereocenters. The second-order valence-electron chi connectivity index (χ2n) is 5.42. The third-order valence-corrected chi connectivity index (χ3v) is 8.13. The molecule has 23 heavy (non-hydrogen) atoms. The molecule has 0 radical (unpaired) electrons. The van der Waals surface area contributed by atoms with Gasteiger partial charge in [-0.1, -0.05) is 0 Å². The van der Waals surface area contributed by atoms with Crippen LogP contribution in [0.2, 0.25) is 0 Å². The van der Waals surface area contributed by atoms with Crippen LogP contribution < -0.4 is 16.6 Å². The number of carbonyl (C=O) groups is 2. The number of aliphatic carboxylic acids is 1. The highest BCUT2D eigenvalue weighted by atomic mass is 32.2. The molecule has 0 spiro atoms. The highest BCUT2D eigenvalue weighted by molar-refractivity contribution is 8.18. The highest BCUT2D eigenvalue weighted by Crippen LogP contribution is 2.47. The SMILES string of the molecule is CO[C@]1(N)C(=O)N2C(C(=O)O)=C(CSC3(C)NNCS3)CSC21. The van der Waals surface area contributed by atoms with Crippen LogP contribution in [0.5, 0.6) is 0 Å². The Bertz CT molecular complexity index is 581. The summed E-state index contributed by atoms with van der Waals surface area (Å²) in [6, 6.07) is 0. The van der Waals surface area contributed by atoms with E-state index >= 15 is 0 Å². The largest absolute Gasteiger partial charge is 0.477 e. The van der Waals surface area contributed by atoms with Crippen molar-refractivity contribution in [3.8, 4) is 0 Å². The minimum absolute atomic E-state index is 0.0453. The number of β-lactam (4-membered cyclic amide) rings is 1. The Morgan fingerprint density at radius 3 is 2.96 bits per heavy atom. The van der Waals surface area contributed by atoms with E-state index in [-0.39, 0.29) is 9.90 Å². The molecule has 2 fully saturated rings. The number of rotatable bonds is 5. The number of carboxylic acid groups (broad SMARTS) is 1. The summed E-state index contributed by atoms with van der Waals surface area (Å²) in [6.45, 7) is 2.03. The number of nitrogens with two attached hydrogens (primary N) is 1. The van der Waals surface area contributed by atoms with Crippen LogP contribution in [0.1, 0.15) is 6.92 Å². The zero-order valence-corrected chi connectivity index (χ0v) is 15.1. The van der Waals surface area contributed by atoms with Crippen LogP contribution in [0.25, 0.3) is 0 Å². The van der Waals surface area contributed by atoms with Gasteiger partial charge in [0.25, 0.3) is 5.91 Å². The van der Waals surface area contributed by atoms with Crippen LogP contribution in [0.3, 0.4) is 0 Å². The van der Waals surface area contributed by atoms with E-state index in [0.717, 1.165) is 11.4 Å². The topological polar surface area (TPSA) is 117 Å². The van der Waals surface area contributed by atoms with Crippen LogP contribution in [-0.2, 0) is 14.3 Å². The lowest BCUT2D eigenvalue weighted by Gasteiger charge is -2.54. The zero-order valence-electron chi connectivity index (χ0n) is 12.6. The lowest BCUT2D eigenvalue weighted by atomic mass is 10.00. The number of methoxy groups -OCH3 is 1. The first kappa shape index (κ1) is 17.4. The number of carbonyl (C=O) groups excluding carboxylic acids is 1. The maximum absolute atomic E-state index is 12.3. The van der Waals surface area contributed by atoms with E-state index in [1.165, 1.54) is 23.8 Å². The van der Waals surface area contributed by atoms with E-state index < -0.39 is 23.0 Å². The van der Waals surface area contributed by atoms with Crippen molar-refractivity contribution in [2.75, 3.05) is 24.5 Å². The van der Waals surface area contributed by atoms with Gasteiger partial charge in [0.2, 0.25) is 5.72 Å². The van der Waals surface area contributed by atoms with Gasteiger partial charge in [0.1, 0.15) is 15.3 Å². The first-order valence-corrected chi connectivity index (χ1v) is 9.87. The number of hydrogen-bond acceptors (Lipinski definition) is 9. The average Bonchev–Trinajstić information content (AvgIpc) is 2.97. The molecule has 3 aliphatic rings. The van der Waals surface area contributed by atoms with Crippen molar-refractivity contribution < 1.29 is 19.4 Å². The van der Waals surface area contributed by atoms with Crippen molar-refractivity contribution in [2.24, 2.45) is 5.73 Å². The molecule has 0 aliphatic carbocycles. The lowest BCUT2D eigenvalue weighted by Crippen LogP contribution is -2.78. The molecule has 128 valence electrons. The Hall–Kier alpha value is -0.430. The quantitative estimate of drug-likeness (QED) is 0.377. The standard InChI is InChI=1S/C12H18N4O4S3/c1-11(15-14-5-23-11)22-4-6-3-21-10-12(13,20-2)9(19)16(10)7(6)8(17)18/h10,14-15H,3-5,13H2,1-2H3,(H,17,18)/t10?,11?,12-/m1/s1. The summed E-state index contributed by atoms with van der Waals surface area (Å²) in [5.41, 5.74) is 11.5. The normalized spacial score (nSPS) is 36.9. The maximum atomic E-state index is 12.3. The van der Waals surface area contributed by atoms with Crippen LogP contribution in [0.15, 0.2) is 11.3 Å². The van der Waals surface area contributed by atoms with Gasteiger partial charge in [-0.25, -0.2) is 15.6 Å². The smallest absolute Gasteiger partial charge is 0.352 e. The molecule has 3 atom stereocenters. The number of thioether (sulfide) groups is 3. The monoisotopic (exact) mass is 378 g/mol. The van der Waals surface area contributed by atoms with Gasteiger partial charge >= 0.3 is 5.97 Å². The molecule has 1 amide bonds. The minimum Gasteiger partial charge on any atom is -0.477 e. The second-order valence-corrected chi connectivity index (χ2v) is 9.53. The van der Waals surface area contributed by atoms with Gasteiger partial charge in [-0.2, -0.15) is 0 Å². The molecule has 3 aliphatic heterocycles. The van der Waals surface area contributed by atoms with E-state index in [4.69, 9.17) is 10.5 Å². The number of amides is 1. The van der Waals surface area contributed by atoms with E-state index in [1.54, 1.807) is 23.5 Å². The third-order valence-electron chi connectivity index (χ3n) is 3.94. The first-order chi connectivity index (χ1) is 10.8. The first-order valence-electron chi connectivity index (χ1n) is 6.85. The number of hydrogen-bond donors (Lipinski definition) is 4. The Kier molecular flexibility index (Phi) is 4.64. The van der Waals surface area contributed by atoms with Gasteiger partial charge in [-0.3, -0.25) is 15.4 Å². The lowest BCUT2D eigenvalue weighted by molar-refractivity contribution is -0.182. The Morgan fingerprint density at radius 1 is 1.65 bits per heavy atom. The van der Waals surface area contributed by atoms with Crippen LogP contribution >= 0.6 is 35.3 Å². The molecule has 3 heterocycles. The number of nitrogens with one attached hydrogen (secondary N) is 2. The maximum Gasteiger partial charge on any atom is 0.352 e. The van der Waals surface area contributed by atoms with E-state index in [9.17, 15) is 14.7 Å². The van der Waals surface area contributed by atoms with Gasteiger partial charge in [0.15, 0.2) is 0 Å². The fourth-order valence-corrected chi connectivity index (χ4v) is 6.23. The molecule has 8 nitrogen and oxygen atoms in total.